The third kappa shape index (κ3) is 2.88. The zero-order valence-corrected chi connectivity index (χ0v) is 12.9. The molecule has 0 aromatic rings. The highest BCUT2D eigenvalue weighted by atomic mass is 16.2. The maximum absolute atomic E-state index is 12.7. The Morgan fingerprint density at radius 3 is 2.25 bits per heavy atom. The average molecular weight is 278 g/mol. The van der Waals surface area contributed by atoms with Crippen LogP contribution in [0.4, 0.5) is 0 Å². The van der Waals surface area contributed by atoms with Crippen LogP contribution >= 0.6 is 0 Å². The van der Waals surface area contributed by atoms with Gasteiger partial charge in [0, 0.05) is 25.6 Å². The minimum atomic E-state index is 0.261. The number of rotatable bonds is 3. The molecule has 3 heteroatoms. The number of fused-ring (bicyclic) bond motifs is 2. The van der Waals surface area contributed by atoms with Crippen molar-refractivity contribution in [2.45, 2.75) is 63.8 Å². The van der Waals surface area contributed by atoms with Crippen molar-refractivity contribution in [2.24, 2.45) is 29.4 Å². The maximum atomic E-state index is 12.7. The second kappa shape index (κ2) is 6.05. The van der Waals surface area contributed by atoms with E-state index in [0.717, 1.165) is 25.3 Å². The van der Waals surface area contributed by atoms with Crippen LogP contribution in [0.3, 0.4) is 0 Å². The van der Waals surface area contributed by atoms with Gasteiger partial charge in [-0.2, -0.15) is 0 Å². The Morgan fingerprint density at radius 1 is 1.05 bits per heavy atom. The molecule has 3 fully saturated rings. The molecule has 114 valence electrons. The number of carbonyl (C=O) groups excluding carboxylic acids is 1. The van der Waals surface area contributed by atoms with E-state index in [4.69, 9.17) is 5.73 Å². The summed E-state index contributed by atoms with van der Waals surface area (Å²) >= 11 is 0. The lowest BCUT2D eigenvalue weighted by Gasteiger charge is -2.44. The number of amides is 1. The number of carbonyl (C=O) groups is 1. The third-order valence-corrected chi connectivity index (χ3v) is 6.15. The van der Waals surface area contributed by atoms with Gasteiger partial charge >= 0.3 is 0 Å². The molecule has 3 aliphatic carbocycles. The highest BCUT2D eigenvalue weighted by Crippen LogP contribution is 2.42. The average Bonchev–Trinajstić information content (AvgIpc) is 2.90. The number of hydrogen-bond acceptors (Lipinski definition) is 2. The van der Waals surface area contributed by atoms with Crippen LogP contribution in [0.1, 0.15) is 57.8 Å². The fraction of sp³-hybridized carbons (Fsp3) is 0.941. The van der Waals surface area contributed by atoms with Gasteiger partial charge in [-0.3, -0.25) is 4.79 Å². The Hall–Kier alpha value is -0.570. The van der Waals surface area contributed by atoms with E-state index in [1.165, 1.54) is 44.9 Å². The summed E-state index contributed by atoms with van der Waals surface area (Å²) in [6.07, 6.45) is 11.3. The van der Waals surface area contributed by atoms with Crippen molar-refractivity contribution in [3.05, 3.63) is 0 Å². The van der Waals surface area contributed by atoms with Crippen LogP contribution in [-0.2, 0) is 4.79 Å². The molecule has 2 atom stereocenters. The van der Waals surface area contributed by atoms with Crippen LogP contribution < -0.4 is 5.73 Å². The number of nitrogens with zero attached hydrogens (tertiary/aromatic N) is 1. The molecule has 1 amide bonds. The first-order valence-electron chi connectivity index (χ1n) is 8.65. The van der Waals surface area contributed by atoms with Crippen LogP contribution in [0, 0.1) is 23.7 Å². The SMILES string of the molecule is CN(CC1CCCC1)C(=O)C1CC2CCCC(C1)C2N. The van der Waals surface area contributed by atoms with Crippen molar-refractivity contribution in [1.29, 1.82) is 0 Å². The van der Waals surface area contributed by atoms with E-state index in [2.05, 4.69) is 0 Å². The normalized spacial score (nSPS) is 37.9. The van der Waals surface area contributed by atoms with Gasteiger partial charge in [-0.25, -0.2) is 0 Å². The van der Waals surface area contributed by atoms with Crippen molar-refractivity contribution in [2.75, 3.05) is 13.6 Å². The second-order valence-corrected chi connectivity index (χ2v) is 7.57. The van der Waals surface area contributed by atoms with E-state index in [-0.39, 0.29) is 5.92 Å². The van der Waals surface area contributed by atoms with Gasteiger partial charge in [0.15, 0.2) is 0 Å². The van der Waals surface area contributed by atoms with Crippen molar-refractivity contribution in [3.8, 4) is 0 Å². The summed E-state index contributed by atoms with van der Waals surface area (Å²) in [5.41, 5.74) is 6.33. The Morgan fingerprint density at radius 2 is 1.65 bits per heavy atom. The van der Waals surface area contributed by atoms with Gasteiger partial charge in [-0.1, -0.05) is 19.3 Å². The minimum absolute atomic E-state index is 0.261. The van der Waals surface area contributed by atoms with E-state index in [1.807, 2.05) is 11.9 Å². The molecule has 2 N–H and O–H groups in total. The molecule has 2 unspecified atom stereocenters. The molecule has 0 saturated heterocycles. The molecule has 2 bridgehead atoms. The van der Waals surface area contributed by atoms with Crippen LogP contribution in [0.2, 0.25) is 0 Å². The first kappa shape index (κ1) is 14.4. The first-order chi connectivity index (χ1) is 9.65. The van der Waals surface area contributed by atoms with Gasteiger partial charge < -0.3 is 10.6 Å². The molecule has 3 rings (SSSR count). The quantitative estimate of drug-likeness (QED) is 0.863. The lowest BCUT2D eigenvalue weighted by atomic mass is 9.65. The van der Waals surface area contributed by atoms with E-state index >= 15 is 0 Å². The summed E-state index contributed by atoms with van der Waals surface area (Å²) in [7, 11) is 2.02. The summed E-state index contributed by atoms with van der Waals surface area (Å²) < 4.78 is 0. The molecule has 0 aromatic carbocycles. The van der Waals surface area contributed by atoms with Crippen LogP contribution in [0.25, 0.3) is 0 Å². The third-order valence-electron chi connectivity index (χ3n) is 6.15. The fourth-order valence-electron chi connectivity index (χ4n) is 4.97. The predicted octanol–water partition coefficient (Wildman–Crippen LogP) is 2.79. The Bertz CT molecular complexity index is 337. The fourth-order valence-corrected chi connectivity index (χ4v) is 4.97. The molecule has 3 aliphatic rings. The molecule has 0 aromatic heterocycles. The van der Waals surface area contributed by atoms with Gasteiger partial charge in [-0.05, 0) is 56.3 Å². The summed E-state index contributed by atoms with van der Waals surface area (Å²) in [5, 5.41) is 0. The van der Waals surface area contributed by atoms with Gasteiger partial charge in [0.1, 0.15) is 0 Å². The van der Waals surface area contributed by atoms with E-state index < -0.39 is 0 Å². The smallest absolute Gasteiger partial charge is 0.225 e. The standard InChI is InChI=1S/C17H30N2O/c1-19(11-12-5-2-3-6-12)17(20)15-9-13-7-4-8-14(10-15)16(13)18/h12-16H,2-11,18H2,1H3. The molecule has 3 saturated carbocycles. The van der Waals surface area contributed by atoms with Crippen molar-refractivity contribution in [3.63, 3.8) is 0 Å². The topological polar surface area (TPSA) is 46.3 Å². The van der Waals surface area contributed by atoms with E-state index in [0.29, 0.717) is 23.8 Å². The monoisotopic (exact) mass is 278 g/mol. The van der Waals surface area contributed by atoms with Gasteiger partial charge in [-0.15, -0.1) is 0 Å². The molecule has 0 spiro atoms. The molecule has 20 heavy (non-hydrogen) atoms. The lowest BCUT2D eigenvalue weighted by molar-refractivity contribution is -0.137. The predicted molar refractivity (Wildman–Crippen MR) is 81.1 cm³/mol. The zero-order valence-electron chi connectivity index (χ0n) is 12.9. The van der Waals surface area contributed by atoms with E-state index in [9.17, 15) is 4.79 Å². The summed E-state index contributed by atoms with van der Waals surface area (Å²) in [6.45, 7) is 0.983. The Kier molecular flexibility index (Phi) is 4.34. The Labute approximate surface area is 123 Å². The zero-order chi connectivity index (χ0) is 14.1. The number of nitrogens with two attached hydrogens (primary N) is 1. The first-order valence-corrected chi connectivity index (χ1v) is 8.65. The minimum Gasteiger partial charge on any atom is -0.345 e. The lowest BCUT2D eigenvalue weighted by Crippen LogP contribution is -2.49. The van der Waals surface area contributed by atoms with Gasteiger partial charge in [0.05, 0.1) is 0 Å². The molecule has 0 heterocycles. The highest BCUT2D eigenvalue weighted by Gasteiger charge is 2.41. The summed E-state index contributed by atoms with van der Waals surface area (Å²) in [4.78, 5) is 14.7. The van der Waals surface area contributed by atoms with Gasteiger partial charge in [0.2, 0.25) is 5.91 Å². The molecular weight excluding hydrogens is 248 g/mol. The summed E-state index contributed by atoms with van der Waals surface area (Å²) in [6, 6.07) is 0.368. The Balaban J connectivity index is 1.56. The molecule has 0 radical (unpaired) electrons. The largest absolute Gasteiger partial charge is 0.345 e. The van der Waals surface area contributed by atoms with Crippen molar-refractivity contribution >= 4 is 5.91 Å². The molecular formula is C17H30N2O. The highest BCUT2D eigenvalue weighted by molar-refractivity contribution is 5.78. The van der Waals surface area contributed by atoms with Crippen molar-refractivity contribution < 1.29 is 4.79 Å². The van der Waals surface area contributed by atoms with Crippen LogP contribution in [0.15, 0.2) is 0 Å². The second-order valence-electron chi connectivity index (χ2n) is 7.57. The van der Waals surface area contributed by atoms with Crippen molar-refractivity contribution in [1.82, 2.24) is 4.90 Å². The maximum Gasteiger partial charge on any atom is 0.225 e. The molecule has 0 aliphatic heterocycles. The van der Waals surface area contributed by atoms with Crippen LogP contribution in [-0.4, -0.2) is 30.4 Å². The number of hydrogen-bond donors (Lipinski definition) is 1. The van der Waals surface area contributed by atoms with Gasteiger partial charge in [0.25, 0.3) is 0 Å². The van der Waals surface area contributed by atoms with Crippen LogP contribution in [0.5, 0.6) is 0 Å². The summed E-state index contributed by atoms with van der Waals surface area (Å²) in [5.74, 6) is 2.64. The molecule has 3 nitrogen and oxygen atoms in total. The van der Waals surface area contributed by atoms with E-state index in [1.54, 1.807) is 0 Å².